The van der Waals surface area contributed by atoms with Crippen LogP contribution in [0.2, 0.25) is 0 Å². The Hall–Kier alpha value is -1.16. The third-order valence-electron chi connectivity index (χ3n) is 2.05. The molecule has 0 aromatic heterocycles. The highest BCUT2D eigenvalue weighted by Crippen LogP contribution is 2.24. The SMILES string of the molecule is CC1([N+](=O)[O-])C=CC=C(CN)C1. The van der Waals surface area contributed by atoms with Gasteiger partial charge in [-0.3, -0.25) is 10.1 Å². The topological polar surface area (TPSA) is 69.2 Å². The van der Waals surface area contributed by atoms with E-state index in [1.807, 2.05) is 6.08 Å². The molecule has 1 rings (SSSR count). The van der Waals surface area contributed by atoms with Crippen LogP contribution in [-0.2, 0) is 0 Å². The summed E-state index contributed by atoms with van der Waals surface area (Å²) >= 11 is 0. The number of nitro groups is 1. The van der Waals surface area contributed by atoms with Crippen molar-refractivity contribution < 1.29 is 4.92 Å². The maximum Gasteiger partial charge on any atom is 0.241 e. The van der Waals surface area contributed by atoms with Gasteiger partial charge in [-0.2, -0.15) is 0 Å². The summed E-state index contributed by atoms with van der Waals surface area (Å²) in [6, 6.07) is 0. The first kappa shape index (κ1) is 8.93. The Morgan fingerprint density at radius 2 is 2.50 bits per heavy atom. The van der Waals surface area contributed by atoms with Gasteiger partial charge in [-0.05, 0) is 11.6 Å². The summed E-state index contributed by atoms with van der Waals surface area (Å²) in [4.78, 5) is 10.4. The second-order valence-corrected chi connectivity index (χ2v) is 3.18. The van der Waals surface area contributed by atoms with Crippen molar-refractivity contribution in [3.63, 3.8) is 0 Å². The van der Waals surface area contributed by atoms with E-state index in [2.05, 4.69) is 0 Å². The van der Waals surface area contributed by atoms with Crippen LogP contribution in [0.15, 0.2) is 23.8 Å². The molecule has 2 N–H and O–H groups in total. The Balaban J connectivity index is 2.82. The van der Waals surface area contributed by atoms with Gasteiger partial charge in [0.2, 0.25) is 5.54 Å². The van der Waals surface area contributed by atoms with Crippen LogP contribution in [0, 0.1) is 10.1 Å². The highest BCUT2D eigenvalue weighted by atomic mass is 16.6. The summed E-state index contributed by atoms with van der Waals surface area (Å²) in [5, 5.41) is 10.6. The van der Waals surface area contributed by atoms with Crippen LogP contribution in [-0.4, -0.2) is 17.0 Å². The van der Waals surface area contributed by atoms with Gasteiger partial charge in [-0.25, -0.2) is 0 Å². The molecule has 0 fully saturated rings. The highest BCUT2D eigenvalue weighted by molar-refractivity contribution is 5.25. The van der Waals surface area contributed by atoms with Crippen molar-refractivity contribution in [2.45, 2.75) is 18.9 Å². The van der Waals surface area contributed by atoms with Gasteiger partial charge in [-0.1, -0.05) is 12.2 Å². The molecule has 4 nitrogen and oxygen atoms in total. The predicted octanol–water partition coefficient (Wildman–Crippen LogP) is 0.867. The number of allylic oxidation sites excluding steroid dienone is 2. The molecule has 0 saturated carbocycles. The summed E-state index contributed by atoms with van der Waals surface area (Å²) in [6.07, 6.45) is 5.57. The fourth-order valence-corrected chi connectivity index (χ4v) is 1.23. The molecule has 4 heteroatoms. The molecule has 1 aliphatic rings. The Morgan fingerprint density at radius 1 is 1.83 bits per heavy atom. The molecule has 0 spiro atoms. The van der Waals surface area contributed by atoms with Gasteiger partial charge >= 0.3 is 0 Å². The lowest BCUT2D eigenvalue weighted by Gasteiger charge is -2.20. The van der Waals surface area contributed by atoms with E-state index in [0.29, 0.717) is 13.0 Å². The fourth-order valence-electron chi connectivity index (χ4n) is 1.23. The standard InChI is InChI=1S/C8H12N2O2/c1-8(10(11)12)4-2-3-7(5-8)6-9/h2-4H,5-6,9H2,1H3. The quantitative estimate of drug-likeness (QED) is 0.491. The van der Waals surface area contributed by atoms with E-state index in [1.165, 1.54) is 0 Å². The van der Waals surface area contributed by atoms with Crippen LogP contribution in [0.1, 0.15) is 13.3 Å². The Morgan fingerprint density at radius 3 is 3.00 bits per heavy atom. The zero-order valence-corrected chi connectivity index (χ0v) is 6.99. The molecular formula is C8H12N2O2. The van der Waals surface area contributed by atoms with E-state index >= 15 is 0 Å². The van der Waals surface area contributed by atoms with Crippen LogP contribution < -0.4 is 5.73 Å². The zero-order chi connectivity index (χ0) is 9.19. The first-order valence-electron chi connectivity index (χ1n) is 3.80. The molecule has 1 aliphatic carbocycles. The van der Waals surface area contributed by atoms with E-state index in [-0.39, 0.29) is 4.92 Å². The van der Waals surface area contributed by atoms with Crippen LogP contribution in [0.5, 0.6) is 0 Å². The first-order chi connectivity index (χ1) is 5.58. The van der Waals surface area contributed by atoms with Crippen LogP contribution >= 0.6 is 0 Å². The Bertz CT molecular complexity index is 258. The van der Waals surface area contributed by atoms with Crippen molar-refractivity contribution in [1.29, 1.82) is 0 Å². The molecule has 66 valence electrons. The largest absolute Gasteiger partial charge is 0.327 e. The average molecular weight is 168 g/mol. The lowest BCUT2D eigenvalue weighted by Crippen LogP contribution is -2.35. The van der Waals surface area contributed by atoms with E-state index in [1.54, 1.807) is 19.1 Å². The Kier molecular flexibility index (Phi) is 2.28. The van der Waals surface area contributed by atoms with Gasteiger partial charge in [0, 0.05) is 24.8 Å². The second kappa shape index (κ2) is 3.06. The summed E-state index contributed by atoms with van der Waals surface area (Å²) in [5.41, 5.74) is 5.37. The number of rotatable bonds is 2. The van der Waals surface area contributed by atoms with Crippen LogP contribution in [0.3, 0.4) is 0 Å². The molecule has 0 amide bonds. The zero-order valence-electron chi connectivity index (χ0n) is 6.99. The highest BCUT2D eigenvalue weighted by Gasteiger charge is 2.35. The number of hydrogen-bond donors (Lipinski definition) is 1. The minimum atomic E-state index is -0.955. The van der Waals surface area contributed by atoms with E-state index in [0.717, 1.165) is 5.57 Å². The summed E-state index contributed by atoms with van der Waals surface area (Å²) < 4.78 is 0. The van der Waals surface area contributed by atoms with Crippen molar-refractivity contribution >= 4 is 0 Å². The van der Waals surface area contributed by atoms with E-state index in [4.69, 9.17) is 5.73 Å². The first-order valence-corrected chi connectivity index (χ1v) is 3.80. The van der Waals surface area contributed by atoms with Crippen molar-refractivity contribution in [1.82, 2.24) is 0 Å². The molecule has 12 heavy (non-hydrogen) atoms. The summed E-state index contributed by atoms with van der Waals surface area (Å²) in [5.74, 6) is 0. The molecule has 0 bridgehead atoms. The minimum absolute atomic E-state index is 0.272. The van der Waals surface area contributed by atoms with Crippen molar-refractivity contribution in [3.8, 4) is 0 Å². The summed E-state index contributed by atoms with van der Waals surface area (Å²) in [6.45, 7) is 2.00. The van der Waals surface area contributed by atoms with Crippen LogP contribution in [0.4, 0.5) is 0 Å². The van der Waals surface area contributed by atoms with Crippen molar-refractivity contribution in [2.24, 2.45) is 5.73 Å². The normalized spacial score (nSPS) is 28.3. The monoisotopic (exact) mass is 168 g/mol. The van der Waals surface area contributed by atoms with Gasteiger partial charge in [0.25, 0.3) is 0 Å². The molecule has 0 aromatic rings. The predicted molar refractivity (Wildman–Crippen MR) is 46.3 cm³/mol. The maximum absolute atomic E-state index is 10.6. The molecule has 0 heterocycles. The average Bonchev–Trinajstić information content (AvgIpc) is 2.04. The van der Waals surface area contributed by atoms with Gasteiger partial charge < -0.3 is 5.73 Å². The second-order valence-electron chi connectivity index (χ2n) is 3.18. The third-order valence-corrected chi connectivity index (χ3v) is 2.05. The molecule has 0 radical (unpaired) electrons. The molecule has 0 aromatic carbocycles. The third kappa shape index (κ3) is 1.53. The van der Waals surface area contributed by atoms with Crippen LogP contribution in [0.25, 0.3) is 0 Å². The molecule has 1 unspecified atom stereocenters. The van der Waals surface area contributed by atoms with Gasteiger partial charge in [-0.15, -0.1) is 0 Å². The smallest absolute Gasteiger partial charge is 0.241 e. The molecular weight excluding hydrogens is 156 g/mol. The van der Waals surface area contributed by atoms with Crippen molar-refractivity contribution in [2.75, 3.05) is 6.54 Å². The summed E-state index contributed by atoms with van der Waals surface area (Å²) in [7, 11) is 0. The van der Waals surface area contributed by atoms with Crippen molar-refractivity contribution in [3.05, 3.63) is 33.9 Å². The van der Waals surface area contributed by atoms with E-state index in [9.17, 15) is 10.1 Å². The molecule has 1 atom stereocenters. The van der Waals surface area contributed by atoms with Gasteiger partial charge in [0.15, 0.2) is 0 Å². The maximum atomic E-state index is 10.6. The molecule has 0 saturated heterocycles. The van der Waals surface area contributed by atoms with E-state index < -0.39 is 5.54 Å². The number of nitrogens with zero attached hydrogens (tertiary/aromatic N) is 1. The molecule has 0 aliphatic heterocycles. The fraction of sp³-hybridized carbons (Fsp3) is 0.500. The minimum Gasteiger partial charge on any atom is -0.327 e. The van der Waals surface area contributed by atoms with Gasteiger partial charge in [0.05, 0.1) is 0 Å². The lowest BCUT2D eigenvalue weighted by atomic mass is 9.89. The number of nitrogens with two attached hydrogens (primary N) is 1. The lowest BCUT2D eigenvalue weighted by molar-refractivity contribution is -0.550. The Labute approximate surface area is 70.9 Å². The van der Waals surface area contributed by atoms with Gasteiger partial charge in [0.1, 0.15) is 0 Å². The number of hydrogen-bond acceptors (Lipinski definition) is 3.